The maximum Gasteiger partial charge on any atom is 0.412 e. The number of aliphatic carboxylic acids is 1. The monoisotopic (exact) mass is 511 g/mol. The number of hydrogen-bond acceptors (Lipinski definition) is 6. The van der Waals surface area contributed by atoms with Crippen LogP contribution in [0.5, 0.6) is 0 Å². The van der Waals surface area contributed by atoms with Crippen LogP contribution in [0.1, 0.15) is 41.8 Å². The highest BCUT2D eigenvalue weighted by molar-refractivity contribution is 5.95. The summed E-state index contributed by atoms with van der Waals surface area (Å²) in [4.78, 5) is 23.8. The van der Waals surface area contributed by atoms with E-state index in [4.69, 9.17) is 14.4 Å². The highest BCUT2D eigenvalue weighted by Crippen LogP contribution is 2.43. The summed E-state index contributed by atoms with van der Waals surface area (Å²) in [5.41, 5.74) is 7.63. The summed E-state index contributed by atoms with van der Waals surface area (Å²) < 4.78 is 11.3. The van der Waals surface area contributed by atoms with E-state index in [-0.39, 0.29) is 6.42 Å². The molecule has 0 spiro atoms. The van der Waals surface area contributed by atoms with Crippen LogP contribution < -0.4 is 10.6 Å². The Balaban J connectivity index is 1.44. The Morgan fingerprint density at radius 1 is 1.08 bits per heavy atom. The number of amides is 1. The molecule has 0 aliphatic carbocycles. The fraction of sp³-hybridized carbons (Fsp3) is 0.233. The molecule has 1 aliphatic heterocycles. The number of aryl methyl sites for hydroxylation is 1. The molecule has 1 unspecified atom stereocenters. The molecule has 8 heteroatoms. The molecule has 3 N–H and O–H groups in total. The second kappa shape index (κ2) is 10.8. The number of aromatic nitrogens is 1. The Morgan fingerprint density at radius 2 is 1.82 bits per heavy atom. The molecule has 8 nitrogen and oxygen atoms in total. The topological polar surface area (TPSA) is 114 Å². The van der Waals surface area contributed by atoms with Crippen LogP contribution in [0, 0.1) is 6.92 Å². The summed E-state index contributed by atoms with van der Waals surface area (Å²) in [5, 5.41) is 19.5. The van der Waals surface area contributed by atoms with Crippen LogP contribution in [0.15, 0.2) is 71.3 Å². The molecule has 0 bridgehead atoms. The highest BCUT2D eigenvalue weighted by Gasteiger charge is 2.25. The second-order valence-corrected chi connectivity index (χ2v) is 9.37. The number of nitrogens with one attached hydrogen (secondary N) is 2. The number of carbonyl (C=O) groups is 2. The standard InChI is InChI=1S/C30H29N3O5/c1-18-27(32-30(36)37-19(2)21-7-4-3-5-8-21)29(38-33-18)25-15-14-23(24-9-6-16-31-28(24)25)22-12-10-20(11-13-22)17-26(34)35/h3-5,7-8,10-15,19,31H,6,9,16-17H2,1-2H3,(H,32,36)(H,34,35). The molecule has 5 rings (SSSR count). The van der Waals surface area contributed by atoms with Crippen molar-refractivity contribution in [3.05, 3.63) is 89.1 Å². The first-order valence-corrected chi connectivity index (χ1v) is 12.6. The van der Waals surface area contributed by atoms with Gasteiger partial charge in [-0.25, -0.2) is 4.79 Å². The van der Waals surface area contributed by atoms with Crippen LogP contribution in [0.25, 0.3) is 22.5 Å². The number of benzene rings is 3. The molecule has 1 atom stereocenters. The maximum absolute atomic E-state index is 12.8. The number of carboxylic acids is 1. The van der Waals surface area contributed by atoms with Gasteiger partial charge in [0.1, 0.15) is 17.5 Å². The van der Waals surface area contributed by atoms with E-state index in [1.54, 1.807) is 6.92 Å². The number of carboxylic acid groups (broad SMARTS) is 1. The number of rotatable bonds is 7. The molecular weight excluding hydrogens is 482 g/mol. The fourth-order valence-electron chi connectivity index (χ4n) is 4.81. The quantitative estimate of drug-likeness (QED) is 0.256. The van der Waals surface area contributed by atoms with Gasteiger partial charge in [-0.05, 0) is 60.6 Å². The minimum Gasteiger partial charge on any atom is -0.481 e. The van der Waals surface area contributed by atoms with E-state index in [0.717, 1.165) is 58.5 Å². The average molecular weight is 512 g/mol. The molecule has 1 aromatic heterocycles. The van der Waals surface area contributed by atoms with E-state index < -0.39 is 18.2 Å². The summed E-state index contributed by atoms with van der Waals surface area (Å²) in [6, 6.07) is 21.1. The third-order valence-electron chi connectivity index (χ3n) is 6.73. The largest absolute Gasteiger partial charge is 0.481 e. The molecule has 3 aromatic carbocycles. The first-order chi connectivity index (χ1) is 18.4. The summed E-state index contributed by atoms with van der Waals surface area (Å²) in [5.74, 6) is -0.394. The van der Waals surface area contributed by atoms with Gasteiger partial charge in [0, 0.05) is 17.8 Å². The van der Waals surface area contributed by atoms with Gasteiger partial charge in [-0.15, -0.1) is 0 Å². The Kier molecular flexibility index (Phi) is 7.13. The van der Waals surface area contributed by atoms with Gasteiger partial charge in [0.05, 0.1) is 6.42 Å². The zero-order valence-electron chi connectivity index (χ0n) is 21.3. The van der Waals surface area contributed by atoms with Gasteiger partial charge in [-0.2, -0.15) is 0 Å². The smallest absolute Gasteiger partial charge is 0.412 e. The van der Waals surface area contributed by atoms with Crippen molar-refractivity contribution in [2.45, 2.75) is 39.2 Å². The summed E-state index contributed by atoms with van der Waals surface area (Å²) in [6.45, 7) is 4.41. The van der Waals surface area contributed by atoms with E-state index in [0.29, 0.717) is 17.1 Å². The van der Waals surface area contributed by atoms with Crippen molar-refractivity contribution < 1.29 is 24.0 Å². The lowest BCUT2D eigenvalue weighted by Crippen LogP contribution is -2.17. The van der Waals surface area contributed by atoms with Gasteiger partial charge < -0.3 is 19.7 Å². The number of fused-ring (bicyclic) bond motifs is 1. The van der Waals surface area contributed by atoms with Crippen LogP contribution >= 0.6 is 0 Å². The molecule has 0 radical (unpaired) electrons. The number of ether oxygens (including phenoxy) is 1. The summed E-state index contributed by atoms with van der Waals surface area (Å²) in [7, 11) is 0. The van der Waals surface area contributed by atoms with Gasteiger partial charge in [-0.3, -0.25) is 10.1 Å². The van der Waals surface area contributed by atoms with Crippen LogP contribution in [-0.2, 0) is 22.4 Å². The van der Waals surface area contributed by atoms with Gasteiger partial charge in [0.2, 0.25) is 0 Å². The lowest BCUT2D eigenvalue weighted by atomic mass is 9.89. The van der Waals surface area contributed by atoms with Gasteiger partial charge in [0.25, 0.3) is 0 Å². The summed E-state index contributed by atoms with van der Waals surface area (Å²) >= 11 is 0. The number of carbonyl (C=O) groups excluding carboxylic acids is 1. The Bertz CT molecular complexity index is 1460. The van der Waals surface area contributed by atoms with Crippen molar-refractivity contribution in [1.29, 1.82) is 0 Å². The highest BCUT2D eigenvalue weighted by atomic mass is 16.6. The first-order valence-electron chi connectivity index (χ1n) is 12.6. The third kappa shape index (κ3) is 5.25. The van der Waals surface area contributed by atoms with E-state index in [2.05, 4.69) is 15.8 Å². The minimum absolute atomic E-state index is 0.00787. The Labute approximate surface area is 220 Å². The molecule has 0 fully saturated rings. The number of anilines is 2. The van der Waals surface area contributed by atoms with E-state index in [9.17, 15) is 9.59 Å². The average Bonchev–Trinajstić information content (AvgIpc) is 3.28. The van der Waals surface area contributed by atoms with Gasteiger partial charge >= 0.3 is 12.1 Å². The van der Waals surface area contributed by atoms with Crippen LogP contribution in [-0.4, -0.2) is 28.9 Å². The van der Waals surface area contributed by atoms with Crippen LogP contribution in [0.3, 0.4) is 0 Å². The minimum atomic E-state index is -0.853. The normalized spacial score (nSPS) is 13.2. The molecule has 1 aliphatic rings. The van der Waals surface area contributed by atoms with Crippen molar-refractivity contribution in [1.82, 2.24) is 5.16 Å². The molecule has 38 heavy (non-hydrogen) atoms. The zero-order chi connectivity index (χ0) is 26.6. The first kappa shape index (κ1) is 25.1. The summed E-state index contributed by atoms with van der Waals surface area (Å²) in [6.07, 6.45) is 0.829. The number of hydrogen-bond donors (Lipinski definition) is 3. The van der Waals surface area contributed by atoms with E-state index in [1.807, 2.05) is 73.7 Å². The molecule has 4 aromatic rings. The molecular formula is C30H29N3O5. The zero-order valence-corrected chi connectivity index (χ0v) is 21.3. The molecule has 0 saturated carbocycles. The lowest BCUT2D eigenvalue weighted by molar-refractivity contribution is -0.136. The predicted octanol–water partition coefficient (Wildman–Crippen LogP) is 6.61. The predicted molar refractivity (Wildman–Crippen MR) is 145 cm³/mol. The Hall–Kier alpha value is -4.59. The fourth-order valence-corrected chi connectivity index (χ4v) is 4.81. The molecule has 194 valence electrons. The molecule has 0 saturated heterocycles. The molecule has 1 amide bonds. The van der Waals surface area contributed by atoms with E-state index in [1.165, 1.54) is 0 Å². The van der Waals surface area contributed by atoms with E-state index >= 15 is 0 Å². The van der Waals surface area contributed by atoms with Gasteiger partial charge in [-0.1, -0.05) is 65.8 Å². The third-order valence-corrected chi connectivity index (χ3v) is 6.73. The maximum atomic E-state index is 12.8. The SMILES string of the molecule is Cc1noc(-c2ccc(-c3ccc(CC(=O)O)cc3)c3c2NCCC3)c1NC(=O)OC(C)c1ccccc1. The van der Waals surface area contributed by atoms with Crippen LogP contribution in [0.2, 0.25) is 0 Å². The van der Waals surface area contributed by atoms with Crippen molar-refractivity contribution >= 4 is 23.4 Å². The second-order valence-electron chi connectivity index (χ2n) is 9.37. The molecule has 2 heterocycles. The van der Waals surface area contributed by atoms with Crippen molar-refractivity contribution in [2.24, 2.45) is 0 Å². The van der Waals surface area contributed by atoms with Gasteiger partial charge in [0.15, 0.2) is 5.76 Å². The van der Waals surface area contributed by atoms with Crippen molar-refractivity contribution in [2.75, 3.05) is 17.2 Å². The Morgan fingerprint density at radius 3 is 2.55 bits per heavy atom. The van der Waals surface area contributed by atoms with Crippen LogP contribution in [0.4, 0.5) is 16.2 Å². The lowest BCUT2D eigenvalue weighted by Gasteiger charge is -2.24. The van der Waals surface area contributed by atoms with Crippen molar-refractivity contribution in [3.63, 3.8) is 0 Å². The van der Waals surface area contributed by atoms with Crippen molar-refractivity contribution in [3.8, 4) is 22.5 Å². The number of nitrogens with zero attached hydrogens (tertiary/aromatic N) is 1.